The van der Waals surface area contributed by atoms with Gasteiger partial charge in [-0.3, -0.25) is 4.90 Å². The van der Waals surface area contributed by atoms with Crippen molar-refractivity contribution in [1.82, 2.24) is 25.3 Å². The Balaban J connectivity index is 1.57. The summed E-state index contributed by atoms with van der Waals surface area (Å²) in [5, 5.41) is 8.63. The topological polar surface area (TPSA) is 69.8 Å². The van der Waals surface area contributed by atoms with E-state index in [0.717, 1.165) is 67.4 Å². The number of thiazole rings is 1. The smallest absolute Gasteiger partial charge is 0.194 e. The van der Waals surface area contributed by atoms with Gasteiger partial charge in [0.15, 0.2) is 5.96 Å². The van der Waals surface area contributed by atoms with E-state index >= 15 is 0 Å². The zero-order valence-electron chi connectivity index (χ0n) is 16.1. The van der Waals surface area contributed by atoms with Gasteiger partial charge >= 0.3 is 0 Å². The van der Waals surface area contributed by atoms with E-state index in [2.05, 4.69) is 39.1 Å². The Bertz CT molecular complexity index is 745. The van der Waals surface area contributed by atoms with Crippen LogP contribution in [0.3, 0.4) is 0 Å². The number of nitrogens with zero attached hydrogens (tertiary/aromatic N) is 5. The van der Waals surface area contributed by atoms with Crippen molar-refractivity contribution >= 4 is 17.3 Å². The van der Waals surface area contributed by atoms with Crippen molar-refractivity contribution in [3.63, 3.8) is 0 Å². The van der Waals surface area contributed by atoms with E-state index in [9.17, 15) is 0 Å². The van der Waals surface area contributed by atoms with Gasteiger partial charge in [-0.15, -0.1) is 11.3 Å². The second-order valence-corrected chi connectivity index (χ2v) is 7.89. The SMILES string of the molecule is CCNC(=NCc1sc(C)nc1C)N1CCN(Cc2cc(C)on2)CC1. The molecule has 1 aliphatic rings. The van der Waals surface area contributed by atoms with Crippen LogP contribution in [0.5, 0.6) is 0 Å². The fraction of sp³-hybridized carbons (Fsp3) is 0.611. The maximum atomic E-state index is 5.16. The molecule has 8 heteroatoms. The minimum atomic E-state index is 0.693. The van der Waals surface area contributed by atoms with E-state index in [-0.39, 0.29) is 0 Å². The normalized spacial score (nSPS) is 16.3. The van der Waals surface area contributed by atoms with E-state index in [1.807, 2.05) is 19.9 Å². The van der Waals surface area contributed by atoms with E-state index in [0.29, 0.717) is 6.54 Å². The lowest BCUT2D eigenvalue weighted by molar-refractivity contribution is 0.169. The third kappa shape index (κ3) is 4.82. The number of nitrogens with one attached hydrogen (secondary N) is 1. The number of guanidine groups is 1. The Kier molecular flexibility index (Phi) is 6.26. The summed E-state index contributed by atoms with van der Waals surface area (Å²) >= 11 is 1.74. The fourth-order valence-electron chi connectivity index (χ4n) is 3.13. The Morgan fingerprint density at radius 2 is 2.04 bits per heavy atom. The molecule has 3 rings (SSSR count). The molecule has 1 aliphatic heterocycles. The van der Waals surface area contributed by atoms with Crippen LogP contribution in [0.1, 0.15) is 34.0 Å². The molecule has 0 aromatic carbocycles. The monoisotopic (exact) mass is 376 g/mol. The highest BCUT2D eigenvalue weighted by atomic mass is 32.1. The summed E-state index contributed by atoms with van der Waals surface area (Å²) in [5.41, 5.74) is 2.10. The van der Waals surface area contributed by atoms with Crippen LogP contribution in [-0.4, -0.2) is 58.6 Å². The lowest BCUT2D eigenvalue weighted by Gasteiger charge is -2.36. The van der Waals surface area contributed by atoms with Crippen LogP contribution in [0, 0.1) is 20.8 Å². The Hall–Kier alpha value is -1.93. The van der Waals surface area contributed by atoms with Crippen LogP contribution in [0.15, 0.2) is 15.6 Å². The molecule has 2 aromatic rings. The third-order valence-electron chi connectivity index (χ3n) is 4.44. The summed E-state index contributed by atoms with van der Waals surface area (Å²) in [6, 6.07) is 2.01. The first-order chi connectivity index (χ1) is 12.5. The van der Waals surface area contributed by atoms with Gasteiger partial charge in [0.25, 0.3) is 0 Å². The molecule has 7 nitrogen and oxygen atoms in total. The van der Waals surface area contributed by atoms with Gasteiger partial charge in [-0.25, -0.2) is 9.98 Å². The van der Waals surface area contributed by atoms with Gasteiger partial charge in [-0.2, -0.15) is 0 Å². The number of aryl methyl sites for hydroxylation is 3. The van der Waals surface area contributed by atoms with Gasteiger partial charge in [0, 0.05) is 50.2 Å². The van der Waals surface area contributed by atoms with Crippen molar-refractivity contribution in [3.05, 3.63) is 33.1 Å². The first-order valence-electron chi connectivity index (χ1n) is 9.16. The minimum absolute atomic E-state index is 0.693. The van der Waals surface area contributed by atoms with Gasteiger partial charge in [-0.05, 0) is 27.7 Å². The molecule has 0 bridgehead atoms. The molecule has 0 atom stereocenters. The van der Waals surface area contributed by atoms with E-state index in [1.54, 1.807) is 11.3 Å². The highest BCUT2D eigenvalue weighted by Crippen LogP contribution is 2.18. The zero-order valence-corrected chi connectivity index (χ0v) is 16.9. The molecule has 1 saturated heterocycles. The van der Waals surface area contributed by atoms with Crippen molar-refractivity contribution in [1.29, 1.82) is 0 Å². The molecule has 26 heavy (non-hydrogen) atoms. The molecule has 0 aliphatic carbocycles. The summed E-state index contributed by atoms with van der Waals surface area (Å²) in [5.74, 6) is 1.86. The second-order valence-electron chi connectivity index (χ2n) is 6.60. The van der Waals surface area contributed by atoms with Crippen molar-refractivity contribution in [3.8, 4) is 0 Å². The van der Waals surface area contributed by atoms with Crippen LogP contribution in [0.25, 0.3) is 0 Å². The molecule has 1 N–H and O–H groups in total. The zero-order chi connectivity index (χ0) is 18.5. The molecule has 0 unspecified atom stereocenters. The van der Waals surface area contributed by atoms with E-state index < -0.39 is 0 Å². The highest BCUT2D eigenvalue weighted by molar-refractivity contribution is 7.11. The number of piperazine rings is 1. The number of hydrogen-bond acceptors (Lipinski definition) is 6. The Morgan fingerprint density at radius 3 is 2.62 bits per heavy atom. The van der Waals surface area contributed by atoms with E-state index in [4.69, 9.17) is 9.52 Å². The molecule has 1 fully saturated rings. The van der Waals surface area contributed by atoms with Crippen LogP contribution in [0.2, 0.25) is 0 Å². The summed E-state index contributed by atoms with van der Waals surface area (Å²) in [6.45, 7) is 14.5. The molecular formula is C18H28N6OS. The highest BCUT2D eigenvalue weighted by Gasteiger charge is 2.20. The van der Waals surface area contributed by atoms with Crippen molar-refractivity contribution in [2.45, 2.75) is 40.8 Å². The molecule has 3 heterocycles. The summed E-state index contributed by atoms with van der Waals surface area (Å²) < 4.78 is 5.16. The van der Waals surface area contributed by atoms with Gasteiger partial charge in [0.1, 0.15) is 5.76 Å². The maximum Gasteiger partial charge on any atom is 0.194 e. The quantitative estimate of drug-likeness (QED) is 0.638. The molecular weight excluding hydrogens is 348 g/mol. The summed E-state index contributed by atoms with van der Waals surface area (Å²) in [4.78, 5) is 15.3. The van der Waals surface area contributed by atoms with Crippen molar-refractivity contribution in [2.24, 2.45) is 4.99 Å². The van der Waals surface area contributed by atoms with Gasteiger partial charge < -0.3 is 14.7 Å². The predicted molar refractivity (Wildman–Crippen MR) is 104 cm³/mol. The Labute approximate surface area is 159 Å². The summed E-state index contributed by atoms with van der Waals surface area (Å²) in [6.07, 6.45) is 0. The second kappa shape index (κ2) is 8.64. The maximum absolute atomic E-state index is 5.16. The molecule has 142 valence electrons. The molecule has 0 amide bonds. The van der Waals surface area contributed by atoms with Crippen LogP contribution < -0.4 is 5.32 Å². The number of rotatable bonds is 5. The molecule has 0 radical (unpaired) electrons. The van der Waals surface area contributed by atoms with Gasteiger partial charge in [0.2, 0.25) is 0 Å². The molecule has 0 spiro atoms. The number of aromatic nitrogens is 2. The fourth-order valence-corrected chi connectivity index (χ4v) is 3.99. The largest absolute Gasteiger partial charge is 0.361 e. The average molecular weight is 377 g/mol. The average Bonchev–Trinajstić information content (AvgIpc) is 3.17. The summed E-state index contributed by atoms with van der Waals surface area (Å²) in [7, 11) is 0. The van der Waals surface area contributed by atoms with Gasteiger partial charge in [0.05, 0.1) is 22.9 Å². The number of hydrogen-bond donors (Lipinski definition) is 1. The Morgan fingerprint density at radius 1 is 1.27 bits per heavy atom. The van der Waals surface area contributed by atoms with E-state index in [1.165, 1.54) is 4.88 Å². The van der Waals surface area contributed by atoms with Crippen LogP contribution in [0.4, 0.5) is 0 Å². The molecule has 0 saturated carbocycles. The van der Waals surface area contributed by atoms with Crippen molar-refractivity contribution in [2.75, 3.05) is 32.7 Å². The predicted octanol–water partition coefficient (Wildman–Crippen LogP) is 2.34. The standard InChI is InChI=1S/C18H28N6OS/c1-5-19-18(20-11-17-14(3)21-15(4)26-17)24-8-6-23(7-9-24)12-16-10-13(2)25-22-16/h10H,5-9,11-12H2,1-4H3,(H,19,20). The van der Waals surface area contributed by atoms with Crippen LogP contribution >= 0.6 is 11.3 Å². The first kappa shape index (κ1) is 18.8. The lowest BCUT2D eigenvalue weighted by Crippen LogP contribution is -2.52. The molecule has 2 aromatic heterocycles. The number of aliphatic imine (C=N–C) groups is 1. The third-order valence-corrected chi connectivity index (χ3v) is 5.50. The van der Waals surface area contributed by atoms with Crippen molar-refractivity contribution < 1.29 is 4.52 Å². The first-order valence-corrected chi connectivity index (χ1v) is 9.97. The van der Waals surface area contributed by atoms with Gasteiger partial charge in [-0.1, -0.05) is 5.16 Å². The van der Waals surface area contributed by atoms with Crippen LogP contribution in [-0.2, 0) is 13.1 Å². The minimum Gasteiger partial charge on any atom is -0.361 e. The lowest BCUT2D eigenvalue weighted by atomic mass is 10.3.